The van der Waals surface area contributed by atoms with Gasteiger partial charge in [-0.25, -0.2) is 0 Å². The monoisotopic (exact) mass is 269 g/mol. The molecule has 0 fully saturated rings. The van der Waals surface area contributed by atoms with Crippen molar-refractivity contribution in [2.45, 2.75) is 33.9 Å². The van der Waals surface area contributed by atoms with E-state index in [4.69, 9.17) is 9.47 Å². The number of ether oxygens (including phenoxy) is 2. The average Bonchev–Trinajstić information content (AvgIpc) is 2.71. The Balaban J connectivity index is 2.28. The Morgan fingerprint density at radius 1 is 1.37 bits per heavy atom. The Hall–Kier alpha value is -0.910. The molecule has 5 heteroatoms. The third kappa shape index (κ3) is 6.71. The highest BCUT2D eigenvalue weighted by Gasteiger charge is 2.04. The molecule has 110 valence electrons. The second-order valence-electron chi connectivity index (χ2n) is 5.14. The molecule has 5 nitrogen and oxygen atoms in total. The molecule has 0 saturated heterocycles. The molecule has 0 aliphatic carbocycles. The van der Waals surface area contributed by atoms with Crippen LogP contribution in [-0.2, 0) is 22.6 Å². The van der Waals surface area contributed by atoms with Crippen LogP contribution in [0.2, 0.25) is 0 Å². The van der Waals surface area contributed by atoms with Crippen molar-refractivity contribution < 1.29 is 9.47 Å². The average molecular weight is 269 g/mol. The highest BCUT2D eigenvalue weighted by molar-refractivity contribution is 5.14. The molecule has 1 aromatic rings. The predicted octanol–water partition coefficient (Wildman–Crippen LogP) is 1.60. The van der Waals surface area contributed by atoms with Crippen LogP contribution in [0.5, 0.6) is 0 Å². The topological polar surface area (TPSA) is 48.3 Å². The third-order valence-corrected chi connectivity index (χ3v) is 2.76. The van der Waals surface area contributed by atoms with E-state index in [9.17, 15) is 0 Å². The Labute approximate surface area is 116 Å². The fourth-order valence-electron chi connectivity index (χ4n) is 1.72. The van der Waals surface area contributed by atoms with Crippen LogP contribution < -0.4 is 5.32 Å². The van der Waals surface area contributed by atoms with E-state index in [0.29, 0.717) is 5.92 Å². The molecule has 0 aliphatic heterocycles. The molecule has 1 aromatic heterocycles. The van der Waals surface area contributed by atoms with Crippen LogP contribution in [0.15, 0.2) is 6.20 Å². The highest BCUT2D eigenvalue weighted by Crippen LogP contribution is 2.05. The van der Waals surface area contributed by atoms with Crippen molar-refractivity contribution in [2.75, 3.05) is 33.5 Å². The van der Waals surface area contributed by atoms with Crippen LogP contribution in [0.1, 0.15) is 25.1 Å². The first kappa shape index (κ1) is 16.1. The van der Waals surface area contributed by atoms with E-state index in [0.717, 1.165) is 45.1 Å². The number of rotatable bonds is 10. The standard InChI is InChI=1S/C14H27N3O2/c1-12(2)11-19-8-6-17-10-14(13(3)16-17)9-15-5-7-18-4/h10,12,15H,5-9,11H2,1-4H3. The van der Waals surface area contributed by atoms with Gasteiger partial charge in [-0.15, -0.1) is 0 Å². The van der Waals surface area contributed by atoms with Crippen LogP contribution in [0.4, 0.5) is 0 Å². The molecule has 0 saturated carbocycles. The summed E-state index contributed by atoms with van der Waals surface area (Å²) in [6.07, 6.45) is 2.09. The van der Waals surface area contributed by atoms with Gasteiger partial charge in [-0.2, -0.15) is 5.10 Å². The van der Waals surface area contributed by atoms with Crippen LogP contribution in [0.25, 0.3) is 0 Å². The van der Waals surface area contributed by atoms with Gasteiger partial charge in [0.1, 0.15) is 0 Å². The smallest absolute Gasteiger partial charge is 0.0662 e. The normalized spacial score (nSPS) is 11.4. The van der Waals surface area contributed by atoms with E-state index in [1.54, 1.807) is 7.11 Å². The van der Waals surface area contributed by atoms with Crippen LogP contribution >= 0.6 is 0 Å². The summed E-state index contributed by atoms with van der Waals surface area (Å²) in [4.78, 5) is 0. The number of hydrogen-bond acceptors (Lipinski definition) is 4. The van der Waals surface area contributed by atoms with E-state index in [1.807, 2.05) is 11.6 Å². The summed E-state index contributed by atoms with van der Waals surface area (Å²) in [5.41, 5.74) is 2.31. The number of nitrogens with zero attached hydrogens (tertiary/aromatic N) is 2. The summed E-state index contributed by atoms with van der Waals surface area (Å²) in [5.74, 6) is 0.583. The Bertz CT molecular complexity index is 350. The van der Waals surface area contributed by atoms with Crippen molar-refractivity contribution in [1.82, 2.24) is 15.1 Å². The van der Waals surface area contributed by atoms with Gasteiger partial charge in [0.15, 0.2) is 0 Å². The molecule has 1 rings (SSSR count). The maximum Gasteiger partial charge on any atom is 0.0662 e. The van der Waals surface area contributed by atoms with Gasteiger partial charge >= 0.3 is 0 Å². The molecule has 1 N–H and O–H groups in total. The maximum absolute atomic E-state index is 5.57. The van der Waals surface area contributed by atoms with Gasteiger partial charge in [0, 0.05) is 38.6 Å². The fourth-order valence-corrected chi connectivity index (χ4v) is 1.72. The fraction of sp³-hybridized carbons (Fsp3) is 0.786. The molecule has 0 unspecified atom stereocenters. The summed E-state index contributed by atoms with van der Waals surface area (Å²) >= 11 is 0. The van der Waals surface area contributed by atoms with Gasteiger partial charge in [0.2, 0.25) is 0 Å². The van der Waals surface area contributed by atoms with Crippen molar-refractivity contribution in [3.05, 3.63) is 17.5 Å². The first-order valence-electron chi connectivity index (χ1n) is 6.93. The zero-order chi connectivity index (χ0) is 14.1. The number of hydrogen-bond donors (Lipinski definition) is 1. The summed E-state index contributed by atoms with van der Waals surface area (Å²) in [7, 11) is 1.71. The van der Waals surface area contributed by atoms with Gasteiger partial charge in [0.25, 0.3) is 0 Å². The van der Waals surface area contributed by atoms with E-state index >= 15 is 0 Å². The minimum absolute atomic E-state index is 0.583. The second-order valence-corrected chi connectivity index (χ2v) is 5.14. The Morgan fingerprint density at radius 2 is 2.16 bits per heavy atom. The van der Waals surface area contributed by atoms with Gasteiger partial charge in [0.05, 0.1) is 25.5 Å². The van der Waals surface area contributed by atoms with Crippen LogP contribution in [0.3, 0.4) is 0 Å². The lowest BCUT2D eigenvalue weighted by Gasteiger charge is -2.06. The van der Waals surface area contributed by atoms with E-state index in [2.05, 4.69) is 30.5 Å². The van der Waals surface area contributed by atoms with E-state index < -0.39 is 0 Å². The zero-order valence-corrected chi connectivity index (χ0v) is 12.6. The quantitative estimate of drug-likeness (QED) is 0.655. The molecule has 0 aliphatic rings. The molecule has 0 radical (unpaired) electrons. The molecule has 0 bridgehead atoms. The number of aryl methyl sites for hydroxylation is 1. The van der Waals surface area contributed by atoms with Crippen molar-refractivity contribution in [1.29, 1.82) is 0 Å². The van der Waals surface area contributed by atoms with Crippen molar-refractivity contribution in [3.63, 3.8) is 0 Å². The number of aromatic nitrogens is 2. The number of nitrogens with one attached hydrogen (secondary N) is 1. The largest absolute Gasteiger partial charge is 0.383 e. The lowest BCUT2D eigenvalue weighted by molar-refractivity contribution is 0.101. The maximum atomic E-state index is 5.57. The molecule has 0 aromatic carbocycles. The first-order valence-corrected chi connectivity index (χ1v) is 6.93. The van der Waals surface area contributed by atoms with Crippen molar-refractivity contribution in [2.24, 2.45) is 5.92 Å². The molecule has 0 amide bonds. The lowest BCUT2D eigenvalue weighted by Crippen LogP contribution is -2.18. The molecule has 0 atom stereocenters. The third-order valence-electron chi connectivity index (χ3n) is 2.76. The molecular weight excluding hydrogens is 242 g/mol. The molecule has 1 heterocycles. The minimum Gasteiger partial charge on any atom is -0.383 e. The van der Waals surface area contributed by atoms with E-state index in [1.165, 1.54) is 5.56 Å². The Morgan fingerprint density at radius 3 is 2.84 bits per heavy atom. The van der Waals surface area contributed by atoms with Crippen LogP contribution in [-0.4, -0.2) is 43.3 Å². The summed E-state index contributed by atoms with van der Waals surface area (Å²) in [6.45, 7) is 11.1. The van der Waals surface area contributed by atoms with Gasteiger partial charge in [-0.1, -0.05) is 13.8 Å². The highest BCUT2D eigenvalue weighted by atomic mass is 16.5. The summed E-state index contributed by atoms with van der Waals surface area (Å²) in [5, 5.41) is 7.82. The second kappa shape index (κ2) is 9.07. The minimum atomic E-state index is 0.583. The first-order chi connectivity index (χ1) is 9.13. The molecule has 0 spiro atoms. The van der Waals surface area contributed by atoms with E-state index in [-0.39, 0.29) is 0 Å². The van der Waals surface area contributed by atoms with Gasteiger partial charge in [-0.05, 0) is 12.8 Å². The number of methoxy groups -OCH3 is 1. The molecule has 19 heavy (non-hydrogen) atoms. The predicted molar refractivity (Wildman–Crippen MR) is 76.2 cm³/mol. The Kier molecular flexibility index (Phi) is 7.70. The van der Waals surface area contributed by atoms with Crippen molar-refractivity contribution in [3.8, 4) is 0 Å². The van der Waals surface area contributed by atoms with Gasteiger partial charge < -0.3 is 14.8 Å². The molecular formula is C14H27N3O2. The van der Waals surface area contributed by atoms with Crippen molar-refractivity contribution >= 4 is 0 Å². The summed E-state index contributed by atoms with van der Waals surface area (Å²) in [6, 6.07) is 0. The SMILES string of the molecule is COCCNCc1cn(CCOCC(C)C)nc1C. The van der Waals surface area contributed by atoms with Gasteiger partial charge in [-0.3, -0.25) is 4.68 Å². The van der Waals surface area contributed by atoms with Crippen LogP contribution in [0, 0.1) is 12.8 Å². The summed E-state index contributed by atoms with van der Waals surface area (Å²) < 4.78 is 12.5. The lowest BCUT2D eigenvalue weighted by atomic mass is 10.2. The zero-order valence-electron chi connectivity index (χ0n) is 12.6.